The second kappa shape index (κ2) is 5.29. The molecular weight excluding hydrogens is 258 g/mol. The second-order valence-electron chi connectivity index (χ2n) is 4.44. The quantitative estimate of drug-likeness (QED) is 0.674. The molecular formula is C15H15NS2. The maximum atomic E-state index is 5.79. The summed E-state index contributed by atoms with van der Waals surface area (Å²) in [5.41, 5.74) is 8.14. The van der Waals surface area contributed by atoms with E-state index in [2.05, 4.69) is 36.4 Å². The summed E-state index contributed by atoms with van der Waals surface area (Å²) in [5.74, 6) is 1.14. The minimum atomic E-state index is 0.689. The summed E-state index contributed by atoms with van der Waals surface area (Å²) in [6.07, 6.45) is 1.19. The van der Waals surface area contributed by atoms with Gasteiger partial charge in [0.15, 0.2) is 0 Å². The molecule has 0 spiro atoms. The van der Waals surface area contributed by atoms with Gasteiger partial charge in [0.05, 0.1) is 0 Å². The SMILES string of the molecule is Nc1cccc(SCC2Cc3ccccc3S2)c1. The van der Waals surface area contributed by atoms with Crippen molar-refractivity contribution in [2.24, 2.45) is 0 Å². The average molecular weight is 273 g/mol. The normalized spacial score (nSPS) is 17.7. The van der Waals surface area contributed by atoms with E-state index >= 15 is 0 Å². The fourth-order valence-corrected chi connectivity index (χ4v) is 4.59. The van der Waals surface area contributed by atoms with Crippen molar-refractivity contribution in [3.63, 3.8) is 0 Å². The van der Waals surface area contributed by atoms with Crippen LogP contribution >= 0.6 is 23.5 Å². The van der Waals surface area contributed by atoms with Crippen LogP contribution in [0.25, 0.3) is 0 Å². The van der Waals surface area contributed by atoms with Gasteiger partial charge in [0.25, 0.3) is 0 Å². The molecule has 18 heavy (non-hydrogen) atoms. The lowest BCUT2D eigenvalue weighted by Gasteiger charge is -2.08. The van der Waals surface area contributed by atoms with E-state index in [0.717, 1.165) is 11.4 Å². The maximum Gasteiger partial charge on any atom is 0.0325 e. The number of thioether (sulfide) groups is 2. The third-order valence-corrected chi connectivity index (χ3v) is 5.69. The Morgan fingerprint density at radius 3 is 2.89 bits per heavy atom. The van der Waals surface area contributed by atoms with Gasteiger partial charge in [-0.15, -0.1) is 23.5 Å². The molecule has 2 N–H and O–H groups in total. The number of rotatable bonds is 3. The highest BCUT2D eigenvalue weighted by atomic mass is 32.2. The molecule has 0 aliphatic carbocycles. The molecule has 2 aromatic carbocycles. The van der Waals surface area contributed by atoms with E-state index in [1.165, 1.54) is 21.8 Å². The number of hydrogen-bond donors (Lipinski definition) is 1. The lowest BCUT2D eigenvalue weighted by molar-refractivity contribution is 0.970. The topological polar surface area (TPSA) is 26.0 Å². The Morgan fingerprint density at radius 2 is 2.06 bits per heavy atom. The Kier molecular flexibility index (Phi) is 3.52. The molecule has 0 saturated heterocycles. The molecule has 1 heterocycles. The molecule has 0 bridgehead atoms. The van der Waals surface area contributed by atoms with Gasteiger partial charge in [-0.05, 0) is 36.2 Å². The van der Waals surface area contributed by atoms with Crippen LogP contribution in [0.15, 0.2) is 58.3 Å². The second-order valence-corrected chi connectivity index (χ2v) is 6.87. The van der Waals surface area contributed by atoms with Crippen LogP contribution in [0.5, 0.6) is 0 Å². The number of fused-ring (bicyclic) bond motifs is 1. The molecule has 3 rings (SSSR count). The molecule has 2 aromatic rings. The summed E-state index contributed by atoms with van der Waals surface area (Å²) in [5, 5.41) is 0.689. The first-order chi connectivity index (χ1) is 8.81. The molecule has 0 aromatic heterocycles. The average Bonchev–Trinajstić information content (AvgIpc) is 2.79. The van der Waals surface area contributed by atoms with E-state index in [9.17, 15) is 0 Å². The number of benzene rings is 2. The van der Waals surface area contributed by atoms with Crippen molar-refractivity contribution in [3.8, 4) is 0 Å². The Hall–Kier alpha value is -1.06. The molecule has 1 atom stereocenters. The molecule has 1 aliphatic heterocycles. The standard InChI is InChI=1S/C15H15NS2/c16-12-5-3-6-13(9-12)17-10-14-8-11-4-1-2-7-15(11)18-14/h1-7,9,14H,8,10,16H2. The fourth-order valence-electron chi connectivity index (χ4n) is 2.14. The molecule has 0 fully saturated rings. The molecule has 1 unspecified atom stereocenters. The minimum Gasteiger partial charge on any atom is -0.399 e. The van der Waals surface area contributed by atoms with Crippen LogP contribution in [0.2, 0.25) is 0 Å². The molecule has 1 aliphatic rings. The third-order valence-electron chi connectivity index (χ3n) is 3.01. The van der Waals surface area contributed by atoms with Crippen LogP contribution in [0.1, 0.15) is 5.56 Å². The van der Waals surface area contributed by atoms with E-state index in [1.807, 2.05) is 35.7 Å². The molecule has 92 valence electrons. The first-order valence-electron chi connectivity index (χ1n) is 6.04. The molecule has 0 saturated carbocycles. The summed E-state index contributed by atoms with van der Waals surface area (Å²) in [6.45, 7) is 0. The van der Waals surface area contributed by atoms with Gasteiger partial charge in [-0.2, -0.15) is 0 Å². The van der Waals surface area contributed by atoms with Crippen molar-refractivity contribution in [1.82, 2.24) is 0 Å². The summed E-state index contributed by atoms with van der Waals surface area (Å²) < 4.78 is 0. The predicted molar refractivity (Wildman–Crippen MR) is 81.4 cm³/mol. The zero-order valence-corrected chi connectivity index (χ0v) is 11.6. The smallest absolute Gasteiger partial charge is 0.0325 e. The Labute approximate surface area is 116 Å². The summed E-state index contributed by atoms with van der Waals surface area (Å²) in [4.78, 5) is 2.72. The highest BCUT2D eigenvalue weighted by Crippen LogP contribution is 2.39. The Morgan fingerprint density at radius 1 is 1.17 bits per heavy atom. The van der Waals surface area contributed by atoms with E-state index in [0.29, 0.717) is 5.25 Å². The zero-order valence-electron chi connectivity index (χ0n) is 10.0. The van der Waals surface area contributed by atoms with E-state index in [1.54, 1.807) is 0 Å². The van der Waals surface area contributed by atoms with Crippen LogP contribution in [-0.2, 0) is 6.42 Å². The number of anilines is 1. The highest BCUT2D eigenvalue weighted by Gasteiger charge is 2.21. The van der Waals surface area contributed by atoms with Crippen molar-refractivity contribution in [2.45, 2.75) is 21.5 Å². The van der Waals surface area contributed by atoms with Crippen molar-refractivity contribution >= 4 is 29.2 Å². The van der Waals surface area contributed by atoms with Gasteiger partial charge in [-0.3, -0.25) is 0 Å². The maximum absolute atomic E-state index is 5.79. The highest BCUT2D eigenvalue weighted by molar-refractivity contribution is 8.03. The Balaban J connectivity index is 1.60. The largest absolute Gasteiger partial charge is 0.399 e. The van der Waals surface area contributed by atoms with Crippen molar-refractivity contribution < 1.29 is 0 Å². The van der Waals surface area contributed by atoms with Crippen LogP contribution in [0.3, 0.4) is 0 Å². The van der Waals surface area contributed by atoms with Gasteiger partial charge in [-0.1, -0.05) is 24.3 Å². The van der Waals surface area contributed by atoms with Gasteiger partial charge < -0.3 is 5.73 Å². The van der Waals surface area contributed by atoms with E-state index < -0.39 is 0 Å². The molecule has 3 heteroatoms. The molecule has 1 nitrogen and oxygen atoms in total. The molecule has 0 amide bonds. The Bertz CT molecular complexity index is 529. The summed E-state index contributed by atoms with van der Waals surface area (Å²) >= 11 is 3.91. The minimum absolute atomic E-state index is 0.689. The number of nitrogens with two attached hydrogens (primary N) is 1. The van der Waals surface area contributed by atoms with Gasteiger partial charge in [0.1, 0.15) is 0 Å². The van der Waals surface area contributed by atoms with Crippen molar-refractivity contribution in [3.05, 3.63) is 54.1 Å². The monoisotopic (exact) mass is 273 g/mol. The first-order valence-corrected chi connectivity index (χ1v) is 7.91. The number of hydrogen-bond acceptors (Lipinski definition) is 3. The first kappa shape index (κ1) is 12.0. The van der Waals surface area contributed by atoms with Crippen LogP contribution in [0.4, 0.5) is 5.69 Å². The van der Waals surface area contributed by atoms with E-state index in [-0.39, 0.29) is 0 Å². The van der Waals surface area contributed by atoms with E-state index in [4.69, 9.17) is 5.73 Å². The van der Waals surface area contributed by atoms with Crippen LogP contribution in [-0.4, -0.2) is 11.0 Å². The fraction of sp³-hybridized carbons (Fsp3) is 0.200. The van der Waals surface area contributed by atoms with Crippen LogP contribution in [0, 0.1) is 0 Å². The zero-order chi connectivity index (χ0) is 12.4. The van der Waals surface area contributed by atoms with Gasteiger partial charge in [0, 0.05) is 26.5 Å². The molecule has 0 radical (unpaired) electrons. The summed E-state index contributed by atoms with van der Waals surface area (Å²) in [7, 11) is 0. The van der Waals surface area contributed by atoms with Crippen LogP contribution < -0.4 is 5.73 Å². The van der Waals surface area contributed by atoms with Gasteiger partial charge >= 0.3 is 0 Å². The summed E-state index contributed by atoms with van der Waals surface area (Å²) in [6, 6.07) is 16.9. The third kappa shape index (κ3) is 2.68. The van der Waals surface area contributed by atoms with Gasteiger partial charge in [-0.25, -0.2) is 0 Å². The van der Waals surface area contributed by atoms with Crippen molar-refractivity contribution in [1.29, 1.82) is 0 Å². The lowest BCUT2D eigenvalue weighted by Crippen LogP contribution is -2.03. The van der Waals surface area contributed by atoms with Gasteiger partial charge in [0.2, 0.25) is 0 Å². The van der Waals surface area contributed by atoms with Crippen molar-refractivity contribution in [2.75, 3.05) is 11.5 Å². The predicted octanol–water partition coefficient (Wildman–Crippen LogP) is 4.08. The number of nitrogen functional groups attached to an aromatic ring is 1. The lowest BCUT2D eigenvalue weighted by atomic mass is 10.1.